The zero-order valence-electron chi connectivity index (χ0n) is 19.5. The second-order valence-electron chi connectivity index (χ2n) is 8.41. The summed E-state index contributed by atoms with van der Waals surface area (Å²) in [6.45, 7) is 4.28. The predicted octanol–water partition coefficient (Wildman–Crippen LogP) is 6.09. The van der Waals surface area contributed by atoms with Crippen LogP contribution in [0.5, 0.6) is 11.5 Å². The number of amides is 1. The molecule has 1 aliphatic rings. The summed E-state index contributed by atoms with van der Waals surface area (Å²) >= 11 is 3.38. The van der Waals surface area contributed by atoms with Gasteiger partial charge in [0.05, 0.1) is 24.3 Å². The molecule has 4 rings (SSSR count). The van der Waals surface area contributed by atoms with Crippen molar-refractivity contribution in [1.29, 1.82) is 0 Å². The summed E-state index contributed by atoms with van der Waals surface area (Å²) in [5, 5.41) is 11.2. The fourth-order valence-corrected chi connectivity index (χ4v) is 4.24. The van der Waals surface area contributed by atoms with E-state index >= 15 is 0 Å². The van der Waals surface area contributed by atoms with Crippen LogP contribution >= 0.6 is 15.9 Å². The number of aliphatic hydroxyl groups excluding tert-OH is 1. The zero-order chi connectivity index (χ0) is 24.9. The highest BCUT2D eigenvalue weighted by atomic mass is 79.9. The van der Waals surface area contributed by atoms with Gasteiger partial charge in [0, 0.05) is 16.6 Å². The van der Waals surface area contributed by atoms with Crippen LogP contribution in [-0.2, 0) is 14.3 Å². The van der Waals surface area contributed by atoms with Crippen LogP contribution in [0.4, 0.5) is 0 Å². The van der Waals surface area contributed by atoms with E-state index < -0.39 is 17.7 Å². The number of hydrogen-bond acceptors (Lipinski definition) is 5. The van der Waals surface area contributed by atoms with Crippen LogP contribution in [0.1, 0.15) is 31.0 Å². The molecule has 1 saturated heterocycles. The van der Waals surface area contributed by atoms with Crippen molar-refractivity contribution in [2.75, 3.05) is 13.2 Å². The Balaban J connectivity index is 1.77. The third-order valence-corrected chi connectivity index (χ3v) is 6.12. The van der Waals surface area contributed by atoms with Crippen molar-refractivity contribution >= 4 is 33.4 Å². The average molecular weight is 536 g/mol. The first kappa shape index (κ1) is 24.7. The van der Waals surface area contributed by atoms with Gasteiger partial charge in [0.2, 0.25) is 0 Å². The molecule has 1 N–H and O–H groups in total. The molecule has 3 aromatic rings. The number of Topliss-reactive ketones (excluding diaryl/α,β-unsaturated/α-hetero) is 1. The Morgan fingerprint density at radius 3 is 2.34 bits per heavy atom. The quantitative estimate of drug-likeness (QED) is 0.214. The Hall–Kier alpha value is -3.42. The molecule has 0 radical (unpaired) electrons. The molecule has 1 amide bonds. The minimum Gasteiger partial charge on any atom is -0.507 e. The molecule has 1 heterocycles. The van der Waals surface area contributed by atoms with Crippen molar-refractivity contribution in [1.82, 2.24) is 4.90 Å². The van der Waals surface area contributed by atoms with Gasteiger partial charge >= 0.3 is 0 Å². The number of benzene rings is 3. The van der Waals surface area contributed by atoms with Crippen LogP contribution in [0.3, 0.4) is 0 Å². The smallest absolute Gasteiger partial charge is 0.295 e. The number of rotatable bonds is 8. The highest BCUT2D eigenvalue weighted by Gasteiger charge is 2.46. The second kappa shape index (κ2) is 10.9. The summed E-state index contributed by atoms with van der Waals surface area (Å²) in [5.41, 5.74) is 1.14. The van der Waals surface area contributed by atoms with Gasteiger partial charge in [-0.25, -0.2) is 0 Å². The Morgan fingerprint density at radius 1 is 0.971 bits per heavy atom. The third-order valence-electron chi connectivity index (χ3n) is 5.59. The van der Waals surface area contributed by atoms with Crippen LogP contribution in [0.2, 0.25) is 0 Å². The summed E-state index contributed by atoms with van der Waals surface area (Å²) < 4.78 is 12.5. The van der Waals surface area contributed by atoms with E-state index in [1.165, 1.54) is 4.90 Å². The molecule has 1 atom stereocenters. The van der Waals surface area contributed by atoms with Gasteiger partial charge < -0.3 is 19.5 Å². The number of hydrogen-bond donors (Lipinski definition) is 1. The van der Waals surface area contributed by atoms with Crippen molar-refractivity contribution in [2.24, 2.45) is 0 Å². The Morgan fingerprint density at radius 2 is 1.66 bits per heavy atom. The molecule has 3 aromatic carbocycles. The highest BCUT2D eigenvalue weighted by Crippen LogP contribution is 2.40. The second-order valence-corrected chi connectivity index (χ2v) is 9.32. The van der Waals surface area contributed by atoms with Gasteiger partial charge in [-0.05, 0) is 55.8 Å². The molecule has 7 heteroatoms. The maximum atomic E-state index is 13.2. The van der Waals surface area contributed by atoms with Gasteiger partial charge in [0.15, 0.2) is 0 Å². The highest BCUT2D eigenvalue weighted by molar-refractivity contribution is 9.10. The molecular formula is C28H26BrNO5. The average Bonchev–Trinajstić information content (AvgIpc) is 3.10. The minimum atomic E-state index is -0.784. The van der Waals surface area contributed by atoms with Crippen molar-refractivity contribution < 1.29 is 24.2 Å². The van der Waals surface area contributed by atoms with Gasteiger partial charge in [-0.15, -0.1) is 0 Å². The SMILES string of the molecule is CC(C)OCCN1C(=O)C(=O)/C(=C(\O)c2ccc(Br)cc2)C1c1cccc(Oc2ccccc2)c1. The number of carbonyl (C=O) groups is 2. The van der Waals surface area contributed by atoms with Crippen LogP contribution in [0.15, 0.2) is 88.9 Å². The maximum absolute atomic E-state index is 13.2. The standard InChI is InChI=1S/C28H26BrNO5/c1-18(2)34-16-15-30-25(20-7-6-10-23(17-20)35-22-8-4-3-5-9-22)24(27(32)28(30)33)26(31)19-11-13-21(29)14-12-19/h3-14,17-18,25,31H,15-16H2,1-2H3/b26-24-. The number of nitrogens with zero attached hydrogens (tertiary/aromatic N) is 1. The van der Waals surface area contributed by atoms with E-state index in [0.29, 0.717) is 22.6 Å². The molecule has 0 aromatic heterocycles. The van der Waals surface area contributed by atoms with Crippen LogP contribution in [-0.4, -0.2) is 41.0 Å². The first-order chi connectivity index (χ1) is 16.8. The van der Waals surface area contributed by atoms with E-state index in [0.717, 1.165) is 4.47 Å². The lowest BCUT2D eigenvalue weighted by molar-refractivity contribution is -0.140. The van der Waals surface area contributed by atoms with Gasteiger partial charge in [0.1, 0.15) is 17.3 Å². The first-order valence-electron chi connectivity index (χ1n) is 11.3. The largest absolute Gasteiger partial charge is 0.507 e. The van der Waals surface area contributed by atoms with Crippen molar-refractivity contribution in [3.8, 4) is 11.5 Å². The van der Waals surface area contributed by atoms with Crippen LogP contribution < -0.4 is 4.74 Å². The van der Waals surface area contributed by atoms with E-state index in [1.54, 1.807) is 42.5 Å². The number of ether oxygens (including phenoxy) is 2. The molecule has 35 heavy (non-hydrogen) atoms. The lowest BCUT2D eigenvalue weighted by atomic mass is 9.95. The van der Waals surface area contributed by atoms with E-state index in [9.17, 15) is 14.7 Å². The number of para-hydroxylation sites is 1. The Labute approximate surface area is 212 Å². The Bertz CT molecular complexity index is 1240. The first-order valence-corrected chi connectivity index (χ1v) is 12.1. The van der Waals surface area contributed by atoms with E-state index in [1.807, 2.05) is 50.2 Å². The summed E-state index contributed by atoms with van der Waals surface area (Å²) in [7, 11) is 0. The zero-order valence-corrected chi connectivity index (χ0v) is 21.1. The van der Waals surface area contributed by atoms with E-state index in [-0.39, 0.29) is 30.6 Å². The van der Waals surface area contributed by atoms with Gasteiger partial charge in [-0.1, -0.05) is 58.4 Å². The van der Waals surface area contributed by atoms with Crippen molar-refractivity contribution in [2.45, 2.75) is 26.0 Å². The van der Waals surface area contributed by atoms with Crippen molar-refractivity contribution in [3.05, 3.63) is 100 Å². The molecule has 0 bridgehead atoms. The summed E-state index contributed by atoms with van der Waals surface area (Å²) in [6, 6.07) is 22.7. The summed E-state index contributed by atoms with van der Waals surface area (Å²) in [5.74, 6) is -0.396. The lowest BCUT2D eigenvalue weighted by Crippen LogP contribution is -2.33. The molecule has 6 nitrogen and oxygen atoms in total. The molecule has 180 valence electrons. The fraction of sp³-hybridized carbons (Fsp3) is 0.214. The molecule has 1 unspecified atom stereocenters. The fourth-order valence-electron chi connectivity index (χ4n) is 3.98. The number of likely N-dealkylation sites (tertiary alicyclic amines) is 1. The van der Waals surface area contributed by atoms with E-state index in [2.05, 4.69) is 15.9 Å². The topological polar surface area (TPSA) is 76.1 Å². The summed E-state index contributed by atoms with van der Waals surface area (Å²) in [6.07, 6.45) is -0.0179. The lowest BCUT2D eigenvalue weighted by Gasteiger charge is -2.26. The van der Waals surface area contributed by atoms with Gasteiger partial charge in [0.25, 0.3) is 11.7 Å². The monoisotopic (exact) mass is 535 g/mol. The number of ketones is 1. The Kier molecular flexibility index (Phi) is 7.68. The van der Waals surface area contributed by atoms with Crippen molar-refractivity contribution in [3.63, 3.8) is 0 Å². The molecule has 0 saturated carbocycles. The predicted molar refractivity (Wildman–Crippen MR) is 137 cm³/mol. The van der Waals surface area contributed by atoms with Gasteiger partial charge in [-0.2, -0.15) is 0 Å². The normalized spacial score (nSPS) is 17.3. The summed E-state index contributed by atoms with van der Waals surface area (Å²) in [4.78, 5) is 27.7. The number of halogens is 1. The molecule has 1 fully saturated rings. The molecular weight excluding hydrogens is 510 g/mol. The van der Waals surface area contributed by atoms with E-state index in [4.69, 9.17) is 9.47 Å². The number of carbonyl (C=O) groups excluding carboxylic acids is 2. The van der Waals surface area contributed by atoms with Gasteiger partial charge in [-0.3, -0.25) is 9.59 Å². The molecule has 0 aliphatic carbocycles. The number of aliphatic hydroxyl groups is 1. The van der Waals surface area contributed by atoms with Crippen LogP contribution in [0, 0.1) is 0 Å². The third kappa shape index (κ3) is 5.63. The van der Waals surface area contributed by atoms with Crippen LogP contribution in [0.25, 0.3) is 5.76 Å². The molecule has 0 spiro atoms. The minimum absolute atomic E-state index is 0.0179. The molecule has 1 aliphatic heterocycles. The maximum Gasteiger partial charge on any atom is 0.295 e.